The van der Waals surface area contributed by atoms with Gasteiger partial charge in [-0.15, -0.1) is 24.8 Å². The van der Waals surface area contributed by atoms with E-state index >= 15 is 0 Å². The molecule has 10 heteroatoms. The topological polar surface area (TPSA) is 107 Å². The minimum absolute atomic E-state index is 0. The highest BCUT2D eigenvalue weighted by Crippen LogP contribution is 2.16. The number of benzene rings is 3. The number of nitrogens with one attached hydrogen (secondary N) is 4. The zero-order valence-corrected chi connectivity index (χ0v) is 22.3. The summed E-state index contributed by atoms with van der Waals surface area (Å²) in [7, 11) is 0. The van der Waals surface area contributed by atoms with Crippen molar-refractivity contribution in [2.24, 2.45) is 9.98 Å². The molecule has 2 heterocycles. The van der Waals surface area contributed by atoms with Crippen LogP contribution < -0.4 is 21.3 Å². The molecule has 38 heavy (non-hydrogen) atoms. The second-order valence-electron chi connectivity index (χ2n) is 8.75. The molecule has 0 saturated carbocycles. The van der Waals surface area contributed by atoms with Gasteiger partial charge in [0.15, 0.2) is 0 Å². The molecule has 0 aromatic heterocycles. The molecule has 0 bridgehead atoms. The summed E-state index contributed by atoms with van der Waals surface area (Å²) in [5, 5.41) is 12.3. The molecule has 0 radical (unpaired) electrons. The van der Waals surface area contributed by atoms with Crippen molar-refractivity contribution in [3.8, 4) is 0 Å². The van der Waals surface area contributed by atoms with Gasteiger partial charge in [0.2, 0.25) is 0 Å². The van der Waals surface area contributed by atoms with Crippen molar-refractivity contribution in [2.75, 3.05) is 36.8 Å². The molecule has 2 aliphatic heterocycles. The van der Waals surface area contributed by atoms with E-state index in [-0.39, 0.29) is 36.6 Å². The van der Waals surface area contributed by atoms with Gasteiger partial charge >= 0.3 is 0 Å². The summed E-state index contributed by atoms with van der Waals surface area (Å²) in [5.74, 6) is 1.45. The highest BCUT2D eigenvalue weighted by Gasteiger charge is 2.12. The quantitative estimate of drug-likeness (QED) is 0.337. The van der Waals surface area contributed by atoms with Crippen LogP contribution in [0.4, 0.5) is 11.4 Å². The van der Waals surface area contributed by atoms with E-state index in [1.807, 2.05) is 48.5 Å². The lowest BCUT2D eigenvalue weighted by molar-refractivity contribution is 0.102. The van der Waals surface area contributed by atoms with Crippen LogP contribution >= 0.6 is 24.8 Å². The average Bonchev–Trinajstić information content (AvgIpc) is 3.61. The maximum Gasteiger partial charge on any atom is 0.255 e. The smallest absolute Gasteiger partial charge is 0.255 e. The number of aliphatic imine (C=N–C) groups is 2. The standard InChI is InChI=1S/C28H28N6O2.2ClH/c35-27(33-23-8-4-19(5-9-23)16-25-29-12-13-30-25)21-2-1-3-22(18-21)28(36)34-24-10-6-20(7-11-24)17-26-31-14-15-32-26;;/h1-11,18H,12-17H2,(H,29,30)(H,31,32)(H,33,35)(H,34,36);2*1H. The number of hydrogen-bond acceptors (Lipinski definition) is 6. The highest BCUT2D eigenvalue weighted by atomic mass is 35.5. The van der Waals surface area contributed by atoms with Gasteiger partial charge in [-0.3, -0.25) is 19.6 Å². The molecule has 0 saturated heterocycles. The Kier molecular flexibility index (Phi) is 10.3. The van der Waals surface area contributed by atoms with Gasteiger partial charge in [0, 0.05) is 48.4 Å². The maximum atomic E-state index is 12.8. The van der Waals surface area contributed by atoms with E-state index < -0.39 is 0 Å². The van der Waals surface area contributed by atoms with Gasteiger partial charge in [0.05, 0.1) is 13.1 Å². The second kappa shape index (κ2) is 13.6. The fourth-order valence-electron chi connectivity index (χ4n) is 4.14. The number of amides is 2. The number of halogens is 2. The summed E-state index contributed by atoms with van der Waals surface area (Å²) in [4.78, 5) is 34.4. The minimum Gasteiger partial charge on any atom is -0.372 e. The molecule has 0 spiro atoms. The van der Waals surface area contributed by atoms with Crippen molar-refractivity contribution in [3.63, 3.8) is 0 Å². The van der Waals surface area contributed by atoms with Crippen LogP contribution in [0.2, 0.25) is 0 Å². The molecule has 0 fully saturated rings. The lowest BCUT2D eigenvalue weighted by Crippen LogP contribution is -2.20. The summed E-state index contributed by atoms with van der Waals surface area (Å²) in [6, 6.07) is 22.1. The lowest BCUT2D eigenvalue weighted by Gasteiger charge is -2.10. The van der Waals surface area contributed by atoms with Gasteiger partial charge in [-0.25, -0.2) is 0 Å². The van der Waals surface area contributed by atoms with E-state index in [1.54, 1.807) is 24.3 Å². The Morgan fingerprint density at radius 1 is 0.658 bits per heavy atom. The Bertz CT molecular complexity index is 1230. The van der Waals surface area contributed by atoms with Gasteiger partial charge < -0.3 is 21.3 Å². The third-order valence-corrected chi connectivity index (χ3v) is 6.04. The van der Waals surface area contributed by atoms with Crippen LogP contribution in [-0.2, 0) is 12.8 Å². The Morgan fingerprint density at radius 3 is 1.45 bits per heavy atom. The fraction of sp³-hybridized carbons (Fsp3) is 0.214. The van der Waals surface area contributed by atoms with Gasteiger partial charge in [-0.1, -0.05) is 30.3 Å². The van der Waals surface area contributed by atoms with Crippen LogP contribution in [0, 0.1) is 0 Å². The van der Waals surface area contributed by atoms with E-state index in [9.17, 15) is 9.59 Å². The number of rotatable bonds is 8. The van der Waals surface area contributed by atoms with Crippen LogP contribution in [0.15, 0.2) is 82.8 Å². The minimum atomic E-state index is -0.271. The molecule has 0 atom stereocenters. The number of carbonyl (C=O) groups excluding carboxylic acids is 2. The van der Waals surface area contributed by atoms with Crippen molar-refractivity contribution in [1.82, 2.24) is 10.6 Å². The largest absolute Gasteiger partial charge is 0.372 e. The first-order chi connectivity index (χ1) is 17.6. The molecule has 0 unspecified atom stereocenters. The highest BCUT2D eigenvalue weighted by molar-refractivity contribution is 6.08. The van der Waals surface area contributed by atoms with Crippen molar-refractivity contribution in [3.05, 3.63) is 95.1 Å². The summed E-state index contributed by atoms with van der Waals surface area (Å²) < 4.78 is 0. The number of carbonyl (C=O) groups is 2. The first kappa shape index (κ1) is 28.7. The van der Waals surface area contributed by atoms with Gasteiger partial charge in [-0.05, 0) is 53.6 Å². The van der Waals surface area contributed by atoms with Crippen LogP contribution in [0.1, 0.15) is 31.8 Å². The Balaban J connectivity index is 0.00000200. The summed E-state index contributed by atoms with van der Waals surface area (Å²) in [6.45, 7) is 3.42. The molecule has 0 aliphatic carbocycles. The molecule has 2 aliphatic rings. The zero-order valence-electron chi connectivity index (χ0n) is 20.7. The summed E-state index contributed by atoms with van der Waals surface area (Å²) in [6.07, 6.45) is 1.50. The van der Waals surface area contributed by atoms with E-state index in [1.165, 1.54) is 0 Å². The number of hydrogen-bond donors (Lipinski definition) is 4. The number of amidine groups is 2. The second-order valence-corrected chi connectivity index (χ2v) is 8.75. The SMILES string of the molecule is Cl.Cl.O=C(Nc1ccc(CC2=NCCN2)cc1)c1cccc(C(=O)Nc2ccc(CC3=NCCN3)cc2)c1. The first-order valence-electron chi connectivity index (χ1n) is 12.1. The average molecular weight is 553 g/mol. The van der Waals surface area contributed by atoms with Crippen LogP contribution in [0.25, 0.3) is 0 Å². The van der Waals surface area contributed by atoms with E-state index in [4.69, 9.17) is 0 Å². The van der Waals surface area contributed by atoms with Crippen LogP contribution in [0.5, 0.6) is 0 Å². The monoisotopic (exact) mass is 552 g/mol. The van der Waals surface area contributed by atoms with E-state index in [0.717, 1.165) is 61.8 Å². The molecule has 2 amide bonds. The predicted octanol–water partition coefficient (Wildman–Crippen LogP) is 4.12. The molecule has 198 valence electrons. The third kappa shape index (κ3) is 7.57. The lowest BCUT2D eigenvalue weighted by atomic mass is 10.1. The summed E-state index contributed by atoms with van der Waals surface area (Å²) >= 11 is 0. The number of nitrogens with zero attached hydrogens (tertiary/aromatic N) is 2. The molecule has 8 nitrogen and oxygen atoms in total. The normalized spacial score (nSPS) is 13.6. The Morgan fingerprint density at radius 2 is 1.08 bits per heavy atom. The molecule has 3 aromatic carbocycles. The Hall–Kier alpha value is -3.88. The van der Waals surface area contributed by atoms with Gasteiger partial charge in [0.25, 0.3) is 11.8 Å². The Labute approximate surface area is 234 Å². The van der Waals surface area contributed by atoms with Gasteiger partial charge in [-0.2, -0.15) is 0 Å². The fourth-order valence-corrected chi connectivity index (χ4v) is 4.14. The zero-order chi connectivity index (χ0) is 24.7. The first-order valence-corrected chi connectivity index (χ1v) is 12.1. The van der Waals surface area contributed by atoms with E-state index in [0.29, 0.717) is 22.5 Å². The van der Waals surface area contributed by atoms with Crippen molar-refractivity contribution < 1.29 is 9.59 Å². The molecular weight excluding hydrogens is 523 g/mol. The van der Waals surface area contributed by atoms with Gasteiger partial charge in [0.1, 0.15) is 11.7 Å². The maximum absolute atomic E-state index is 12.8. The van der Waals surface area contributed by atoms with Crippen molar-refractivity contribution in [2.45, 2.75) is 12.8 Å². The predicted molar refractivity (Wildman–Crippen MR) is 158 cm³/mol. The van der Waals surface area contributed by atoms with Crippen molar-refractivity contribution in [1.29, 1.82) is 0 Å². The summed E-state index contributed by atoms with van der Waals surface area (Å²) in [5.41, 5.74) is 4.46. The van der Waals surface area contributed by atoms with E-state index in [2.05, 4.69) is 31.3 Å². The third-order valence-electron chi connectivity index (χ3n) is 6.04. The van der Waals surface area contributed by atoms with Crippen molar-refractivity contribution >= 4 is 59.7 Å². The molecular formula is C28H30Cl2N6O2. The molecule has 4 N–H and O–H groups in total. The molecule has 3 aromatic rings. The van der Waals surface area contributed by atoms with Crippen LogP contribution in [0.3, 0.4) is 0 Å². The number of anilines is 2. The molecule has 5 rings (SSSR count). The van der Waals surface area contributed by atoms with Crippen LogP contribution in [-0.4, -0.2) is 49.7 Å².